The molecular weight excluding hydrogens is 318 g/mol. The van der Waals surface area contributed by atoms with E-state index in [0.29, 0.717) is 28.0 Å². The molecule has 0 bridgehead atoms. The third-order valence-corrected chi connectivity index (χ3v) is 3.91. The number of carbonyl (C=O) groups excluding carboxylic acids is 2. The third-order valence-electron chi connectivity index (χ3n) is 3.91. The van der Waals surface area contributed by atoms with Crippen LogP contribution in [0, 0.1) is 6.92 Å². The van der Waals surface area contributed by atoms with Crippen molar-refractivity contribution >= 4 is 28.3 Å². The summed E-state index contributed by atoms with van der Waals surface area (Å²) in [6.45, 7) is 3.01. The maximum absolute atomic E-state index is 12.6. The molecule has 0 radical (unpaired) electrons. The van der Waals surface area contributed by atoms with E-state index in [1.54, 1.807) is 49.4 Å². The third kappa shape index (κ3) is 3.47. The lowest BCUT2D eigenvalue weighted by atomic mass is 10.1. The maximum Gasteiger partial charge on any atom is 0.261 e. The highest BCUT2D eigenvalue weighted by molar-refractivity contribution is 5.97. The van der Waals surface area contributed by atoms with Gasteiger partial charge < -0.3 is 5.32 Å². The molecule has 0 unspecified atom stereocenters. The second-order valence-corrected chi connectivity index (χ2v) is 5.75. The Kier molecular flexibility index (Phi) is 4.43. The summed E-state index contributed by atoms with van der Waals surface area (Å²) < 4.78 is 1.34. The predicted molar refractivity (Wildman–Crippen MR) is 95.8 cm³/mol. The Labute approximate surface area is 144 Å². The van der Waals surface area contributed by atoms with Crippen molar-refractivity contribution in [1.29, 1.82) is 0 Å². The fraction of sp³-hybridized carbons (Fsp3) is 0.158. The van der Waals surface area contributed by atoms with E-state index in [2.05, 4.69) is 10.3 Å². The normalized spacial score (nSPS) is 10.6. The first kappa shape index (κ1) is 16.6. The van der Waals surface area contributed by atoms with Crippen molar-refractivity contribution in [1.82, 2.24) is 9.55 Å². The average Bonchev–Trinajstić information content (AvgIpc) is 2.59. The lowest BCUT2D eigenvalue weighted by molar-refractivity contribution is -0.116. The fourth-order valence-corrected chi connectivity index (χ4v) is 2.63. The van der Waals surface area contributed by atoms with E-state index in [4.69, 9.17) is 0 Å². The minimum absolute atomic E-state index is 0.0816. The number of aromatic nitrogens is 2. The van der Waals surface area contributed by atoms with Crippen molar-refractivity contribution in [3.05, 3.63) is 70.3 Å². The van der Waals surface area contributed by atoms with Gasteiger partial charge in [0.2, 0.25) is 5.91 Å². The van der Waals surface area contributed by atoms with E-state index in [0.717, 1.165) is 0 Å². The van der Waals surface area contributed by atoms with Gasteiger partial charge in [-0.2, -0.15) is 0 Å². The average molecular weight is 335 g/mol. The summed E-state index contributed by atoms with van der Waals surface area (Å²) in [5.74, 6) is 0.0289. The van der Waals surface area contributed by atoms with E-state index < -0.39 is 0 Å². The highest BCUT2D eigenvalue weighted by atomic mass is 16.2. The molecule has 6 nitrogen and oxygen atoms in total. The molecule has 2 aromatic carbocycles. The number of para-hydroxylation sites is 1. The van der Waals surface area contributed by atoms with Gasteiger partial charge in [-0.05, 0) is 38.1 Å². The van der Waals surface area contributed by atoms with Crippen LogP contribution in [0.5, 0.6) is 0 Å². The summed E-state index contributed by atoms with van der Waals surface area (Å²) in [4.78, 5) is 40.7. The van der Waals surface area contributed by atoms with Crippen LogP contribution in [-0.4, -0.2) is 21.2 Å². The van der Waals surface area contributed by atoms with Crippen LogP contribution in [0.25, 0.3) is 10.9 Å². The van der Waals surface area contributed by atoms with Crippen molar-refractivity contribution in [2.45, 2.75) is 20.4 Å². The molecule has 0 fully saturated rings. The number of carbonyl (C=O) groups is 2. The van der Waals surface area contributed by atoms with Crippen molar-refractivity contribution < 1.29 is 9.59 Å². The molecule has 1 amide bonds. The zero-order valence-electron chi connectivity index (χ0n) is 13.9. The molecule has 3 rings (SSSR count). The Hall–Kier alpha value is -3.28. The molecule has 0 aliphatic heterocycles. The van der Waals surface area contributed by atoms with E-state index in [1.807, 2.05) is 6.07 Å². The lowest BCUT2D eigenvalue weighted by Crippen LogP contribution is -2.30. The number of hydrogen-bond donors (Lipinski definition) is 1. The number of aryl methyl sites for hydroxylation is 1. The van der Waals surface area contributed by atoms with Crippen LogP contribution >= 0.6 is 0 Å². The number of nitrogens with one attached hydrogen (secondary N) is 1. The van der Waals surface area contributed by atoms with Crippen molar-refractivity contribution in [2.75, 3.05) is 5.32 Å². The molecule has 0 atom stereocenters. The molecule has 126 valence electrons. The van der Waals surface area contributed by atoms with Gasteiger partial charge in [-0.25, -0.2) is 4.98 Å². The van der Waals surface area contributed by atoms with Crippen LogP contribution in [0.3, 0.4) is 0 Å². The van der Waals surface area contributed by atoms with Gasteiger partial charge in [-0.1, -0.05) is 24.3 Å². The molecule has 3 aromatic rings. The van der Waals surface area contributed by atoms with Gasteiger partial charge in [-0.15, -0.1) is 0 Å². The number of ketones is 1. The molecule has 0 aliphatic carbocycles. The number of hydrogen-bond acceptors (Lipinski definition) is 4. The SMILES string of the molecule is CC(=O)c1cccc(NC(=O)Cn2c(C)nc3ccccc3c2=O)c1. The van der Waals surface area contributed by atoms with Crippen molar-refractivity contribution in [3.8, 4) is 0 Å². The predicted octanol–water partition coefficient (Wildman–Crippen LogP) is 2.55. The van der Waals surface area contributed by atoms with E-state index in [-0.39, 0.29) is 23.8 Å². The minimum atomic E-state index is -0.358. The number of fused-ring (bicyclic) bond motifs is 1. The smallest absolute Gasteiger partial charge is 0.261 e. The lowest BCUT2D eigenvalue weighted by Gasteiger charge is -2.11. The summed E-state index contributed by atoms with van der Waals surface area (Å²) in [6.07, 6.45) is 0. The monoisotopic (exact) mass is 335 g/mol. The zero-order valence-corrected chi connectivity index (χ0v) is 13.9. The second-order valence-electron chi connectivity index (χ2n) is 5.75. The summed E-state index contributed by atoms with van der Waals surface area (Å²) in [5.41, 5.74) is 1.38. The molecule has 0 saturated carbocycles. The number of nitrogens with zero attached hydrogens (tertiary/aromatic N) is 2. The quantitative estimate of drug-likeness (QED) is 0.743. The van der Waals surface area contributed by atoms with Crippen LogP contribution in [-0.2, 0) is 11.3 Å². The Bertz CT molecular complexity index is 1040. The summed E-state index contributed by atoms with van der Waals surface area (Å²) in [5, 5.41) is 3.18. The first-order valence-electron chi connectivity index (χ1n) is 7.83. The van der Waals surface area contributed by atoms with E-state index in [9.17, 15) is 14.4 Å². The summed E-state index contributed by atoms with van der Waals surface area (Å²) >= 11 is 0. The number of benzene rings is 2. The van der Waals surface area contributed by atoms with Crippen LogP contribution in [0.4, 0.5) is 5.69 Å². The van der Waals surface area contributed by atoms with Gasteiger partial charge in [0.05, 0.1) is 10.9 Å². The maximum atomic E-state index is 12.6. The number of Topliss-reactive ketones (excluding diaryl/α,β-unsaturated/α-hetero) is 1. The largest absolute Gasteiger partial charge is 0.325 e. The van der Waals surface area contributed by atoms with Crippen LogP contribution < -0.4 is 10.9 Å². The van der Waals surface area contributed by atoms with Crippen LogP contribution in [0.2, 0.25) is 0 Å². The number of amides is 1. The molecular formula is C19H17N3O3. The Morgan fingerprint density at radius 3 is 2.64 bits per heavy atom. The van der Waals surface area contributed by atoms with Crippen molar-refractivity contribution in [3.63, 3.8) is 0 Å². The molecule has 1 aromatic heterocycles. The van der Waals surface area contributed by atoms with Gasteiger partial charge in [0, 0.05) is 11.3 Å². The Morgan fingerprint density at radius 2 is 1.88 bits per heavy atom. The van der Waals surface area contributed by atoms with Gasteiger partial charge in [0.15, 0.2) is 5.78 Å². The first-order chi connectivity index (χ1) is 12.0. The first-order valence-corrected chi connectivity index (χ1v) is 7.83. The van der Waals surface area contributed by atoms with Gasteiger partial charge >= 0.3 is 0 Å². The van der Waals surface area contributed by atoms with E-state index in [1.165, 1.54) is 11.5 Å². The zero-order chi connectivity index (χ0) is 18.0. The highest BCUT2D eigenvalue weighted by Gasteiger charge is 2.12. The molecule has 1 N–H and O–H groups in total. The van der Waals surface area contributed by atoms with Crippen molar-refractivity contribution in [2.24, 2.45) is 0 Å². The molecule has 6 heteroatoms. The van der Waals surface area contributed by atoms with Crippen LogP contribution in [0.1, 0.15) is 23.1 Å². The minimum Gasteiger partial charge on any atom is -0.325 e. The Balaban J connectivity index is 1.86. The molecule has 1 heterocycles. The van der Waals surface area contributed by atoms with Gasteiger partial charge in [0.25, 0.3) is 5.56 Å². The molecule has 0 aliphatic rings. The number of rotatable bonds is 4. The second kappa shape index (κ2) is 6.68. The van der Waals surface area contributed by atoms with Gasteiger partial charge in [0.1, 0.15) is 12.4 Å². The molecule has 0 saturated heterocycles. The fourth-order valence-electron chi connectivity index (χ4n) is 2.63. The summed E-state index contributed by atoms with van der Waals surface area (Å²) in [7, 11) is 0. The van der Waals surface area contributed by atoms with E-state index >= 15 is 0 Å². The standard InChI is InChI=1S/C19H17N3O3/c1-12(23)14-6-5-7-15(10-14)21-18(24)11-22-13(2)20-17-9-4-3-8-16(17)19(22)25/h3-10H,11H2,1-2H3,(H,21,24). The Morgan fingerprint density at radius 1 is 1.12 bits per heavy atom. The van der Waals surface area contributed by atoms with Gasteiger partial charge in [-0.3, -0.25) is 19.0 Å². The highest BCUT2D eigenvalue weighted by Crippen LogP contribution is 2.12. The molecule has 0 spiro atoms. The van der Waals surface area contributed by atoms with Crippen LogP contribution in [0.15, 0.2) is 53.3 Å². The topological polar surface area (TPSA) is 81.1 Å². The summed E-state index contributed by atoms with van der Waals surface area (Å²) in [6, 6.07) is 13.7. The molecule has 25 heavy (non-hydrogen) atoms. The number of anilines is 1.